The van der Waals surface area contributed by atoms with E-state index in [9.17, 15) is 0 Å². The summed E-state index contributed by atoms with van der Waals surface area (Å²) >= 11 is 0. The average Bonchev–Trinajstić information content (AvgIpc) is 2.92. The number of methoxy groups -OCH3 is 1. The van der Waals surface area contributed by atoms with Crippen molar-refractivity contribution in [1.29, 1.82) is 0 Å². The lowest BCUT2D eigenvalue weighted by atomic mass is 9.80. The van der Waals surface area contributed by atoms with Crippen LogP contribution in [0.3, 0.4) is 0 Å². The summed E-state index contributed by atoms with van der Waals surface area (Å²) in [6.45, 7) is 6.83. The highest BCUT2D eigenvalue weighted by Gasteiger charge is 2.39. The van der Waals surface area contributed by atoms with E-state index in [0.29, 0.717) is 0 Å². The zero-order valence-electron chi connectivity index (χ0n) is 16.1. The summed E-state index contributed by atoms with van der Waals surface area (Å²) < 4.78 is 11.3. The quantitative estimate of drug-likeness (QED) is 0.830. The SMILES string of the molecule is COc1ccc(CN2CCC[C@@]3(COCCN(c4cccnc4)C3)C2)cc1. The van der Waals surface area contributed by atoms with Crippen molar-refractivity contribution >= 4 is 5.69 Å². The van der Waals surface area contributed by atoms with Crippen molar-refractivity contribution < 1.29 is 9.47 Å². The standard InChI is InChI=1S/C22H29N3O2/c1-26-21-7-5-19(6-8-21)15-24-11-3-9-22(16-24)17-25(12-13-27-18-22)20-4-2-10-23-14-20/h2,4-8,10,14H,3,9,11-13,15-18H2,1H3/t22-/m1/s1. The van der Waals surface area contributed by atoms with Crippen molar-refractivity contribution in [3.63, 3.8) is 0 Å². The highest BCUT2D eigenvalue weighted by atomic mass is 16.5. The fourth-order valence-corrected chi connectivity index (χ4v) is 4.44. The molecule has 2 fully saturated rings. The number of nitrogens with zero attached hydrogens (tertiary/aromatic N) is 3. The molecule has 1 aromatic carbocycles. The van der Waals surface area contributed by atoms with Gasteiger partial charge < -0.3 is 14.4 Å². The number of hydrogen-bond acceptors (Lipinski definition) is 5. The van der Waals surface area contributed by atoms with Gasteiger partial charge in [0.1, 0.15) is 5.75 Å². The first-order chi connectivity index (χ1) is 13.3. The molecule has 5 nitrogen and oxygen atoms in total. The van der Waals surface area contributed by atoms with Gasteiger partial charge in [-0.2, -0.15) is 0 Å². The number of aromatic nitrogens is 1. The van der Waals surface area contributed by atoms with Crippen LogP contribution < -0.4 is 9.64 Å². The molecule has 2 aliphatic heterocycles. The third kappa shape index (κ3) is 4.42. The first kappa shape index (κ1) is 18.3. The number of pyridine rings is 1. The molecule has 0 amide bonds. The third-order valence-electron chi connectivity index (χ3n) is 5.76. The molecule has 0 bridgehead atoms. The second-order valence-corrected chi connectivity index (χ2v) is 7.85. The van der Waals surface area contributed by atoms with E-state index >= 15 is 0 Å². The molecule has 5 heteroatoms. The van der Waals surface area contributed by atoms with Crippen LogP contribution in [0.25, 0.3) is 0 Å². The van der Waals surface area contributed by atoms with Crippen LogP contribution in [-0.4, -0.2) is 56.4 Å². The molecule has 3 heterocycles. The molecule has 1 spiro atoms. The minimum absolute atomic E-state index is 0.192. The van der Waals surface area contributed by atoms with Crippen molar-refractivity contribution in [2.75, 3.05) is 51.4 Å². The predicted molar refractivity (Wildman–Crippen MR) is 107 cm³/mol. The average molecular weight is 367 g/mol. The van der Waals surface area contributed by atoms with Crippen LogP contribution >= 0.6 is 0 Å². The summed E-state index contributed by atoms with van der Waals surface area (Å²) in [4.78, 5) is 9.35. The minimum Gasteiger partial charge on any atom is -0.497 e. The molecular weight excluding hydrogens is 338 g/mol. The molecule has 0 saturated carbocycles. The second-order valence-electron chi connectivity index (χ2n) is 7.85. The molecule has 4 rings (SSSR count). The number of likely N-dealkylation sites (tertiary alicyclic amines) is 1. The number of benzene rings is 1. The zero-order chi connectivity index (χ0) is 18.5. The van der Waals surface area contributed by atoms with Gasteiger partial charge in [0, 0.05) is 37.8 Å². The molecule has 0 unspecified atom stereocenters. The molecular formula is C22H29N3O2. The van der Waals surface area contributed by atoms with Gasteiger partial charge in [0.25, 0.3) is 0 Å². The Morgan fingerprint density at radius 2 is 2.04 bits per heavy atom. The highest BCUT2D eigenvalue weighted by Crippen LogP contribution is 2.35. The van der Waals surface area contributed by atoms with Gasteiger partial charge in [-0.1, -0.05) is 12.1 Å². The van der Waals surface area contributed by atoms with Crippen molar-refractivity contribution in [3.05, 3.63) is 54.4 Å². The molecule has 1 aromatic heterocycles. The van der Waals surface area contributed by atoms with Crippen LogP contribution in [0.15, 0.2) is 48.8 Å². The van der Waals surface area contributed by atoms with Crippen LogP contribution in [0.1, 0.15) is 18.4 Å². The molecule has 144 valence electrons. The summed E-state index contributed by atoms with van der Waals surface area (Å²) in [5, 5.41) is 0. The smallest absolute Gasteiger partial charge is 0.118 e. The minimum atomic E-state index is 0.192. The van der Waals surface area contributed by atoms with Crippen LogP contribution in [-0.2, 0) is 11.3 Å². The van der Waals surface area contributed by atoms with Crippen LogP contribution in [0.2, 0.25) is 0 Å². The first-order valence-corrected chi connectivity index (χ1v) is 9.84. The lowest BCUT2D eigenvalue weighted by molar-refractivity contribution is 0.0107. The number of piperidine rings is 1. The Balaban J connectivity index is 1.46. The Morgan fingerprint density at radius 3 is 2.81 bits per heavy atom. The van der Waals surface area contributed by atoms with E-state index < -0.39 is 0 Å². The maximum absolute atomic E-state index is 6.06. The van der Waals surface area contributed by atoms with Crippen LogP contribution in [0.5, 0.6) is 5.75 Å². The lowest BCUT2D eigenvalue weighted by Crippen LogP contribution is -2.50. The van der Waals surface area contributed by atoms with E-state index in [-0.39, 0.29) is 5.41 Å². The Hall–Kier alpha value is -2.11. The van der Waals surface area contributed by atoms with E-state index in [1.54, 1.807) is 7.11 Å². The van der Waals surface area contributed by atoms with E-state index in [1.807, 2.05) is 30.6 Å². The number of hydrogen-bond donors (Lipinski definition) is 0. The number of ether oxygens (including phenoxy) is 2. The largest absolute Gasteiger partial charge is 0.497 e. The summed E-state index contributed by atoms with van der Waals surface area (Å²) in [6.07, 6.45) is 6.25. The van der Waals surface area contributed by atoms with Gasteiger partial charge in [-0.25, -0.2) is 0 Å². The molecule has 0 radical (unpaired) electrons. The van der Waals surface area contributed by atoms with Crippen LogP contribution in [0, 0.1) is 5.41 Å². The first-order valence-electron chi connectivity index (χ1n) is 9.84. The molecule has 2 saturated heterocycles. The highest BCUT2D eigenvalue weighted by molar-refractivity contribution is 5.44. The summed E-state index contributed by atoms with van der Waals surface area (Å²) in [7, 11) is 1.71. The molecule has 2 aliphatic rings. The van der Waals surface area contributed by atoms with Crippen molar-refractivity contribution in [3.8, 4) is 5.75 Å². The van der Waals surface area contributed by atoms with E-state index in [2.05, 4.69) is 33.0 Å². The van der Waals surface area contributed by atoms with Gasteiger partial charge in [0.2, 0.25) is 0 Å². The van der Waals surface area contributed by atoms with E-state index in [1.165, 1.54) is 24.1 Å². The van der Waals surface area contributed by atoms with E-state index in [0.717, 1.165) is 51.7 Å². The van der Waals surface area contributed by atoms with Crippen LogP contribution in [0.4, 0.5) is 5.69 Å². The maximum Gasteiger partial charge on any atom is 0.118 e. The predicted octanol–water partition coefficient (Wildman–Crippen LogP) is 3.21. The maximum atomic E-state index is 6.06. The van der Waals surface area contributed by atoms with Gasteiger partial charge in [-0.3, -0.25) is 9.88 Å². The van der Waals surface area contributed by atoms with Gasteiger partial charge in [-0.05, 0) is 49.2 Å². The number of rotatable bonds is 4. The fourth-order valence-electron chi connectivity index (χ4n) is 4.44. The summed E-state index contributed by atoms with van der Waals surface area (Å²) in [5.41, 5.74) is 2.73. The molecule has 1 atom stereocenters. The summed E-state index contributed by atoms with van der Waals surface area (Å²) in [6, 6.07) is 12.6. The molecule has 0 N–H and O–H groups in total. The zero-order valence-corrected chi connectivity index (χ0v) is 16.1. The van der Waals surface area contributed by atoms with Gasteiger partial charge in [0.05, 0.1) is 32.2 Å². The Kier molecular flexibility index (Phi) is 5.60. The molecule has 27 heavy (non-hydrogen) atoms. The normalized spacial score (nSPS) is 24.0. The lowest BCUT2D eigenvalue weighted by Gasteiger charge is -2.44. The van der Waals surface area contributed by atoms with Crippen molar-refractivity contribution in [1.82, 2.24) is 9.88 Å². The third-order valence-corrected chi connectivity index (χ3v) is 5.76. The van der Waals surface area contributed by atoms with Gasteiger partial charge in [0.15, 0.2) is 0 Å². The summed E-state index contributed by atoms with van der Waals surface area (Å²) in [5.74, 6) is 0.915. The molecule has 0 aliphatic carbocycles. The Morgan fingerprint density at radius 1 is 1.15 bits per heavy atom. The van der Waals surface area contributed by atoms with Gasteiger partial charge in [-0.15, -0.1) is 0 Å². The number of anilines is 1. The van der Waals surface area contributed by atoms with Crippen molar-refractivity contribution in [2.45, 2.75) is 19.4 Å². The monoisotopic (exact) mass is 367 g/mol. The second kappa shape index (κ2) is 8.28. The van der Waals surface area contributed by atoms with E-state index in [4.69, 9.17) is 9.47 Å². The Labute approximate surface area is 161 Å². The Bertz CT molecular complexity index is 722. The topological polar surface area (TPSA) is 37.8 Å². The fraction of sp³-hybridized carbons (Fsp3) is 0.500. The molecule has 2 aromatic rings. The van der Waals surface area contributed by atoms with Crippen molar-refractivity contribution in [2.24, 2.45) is 5.41 Å². The van der Waals surface area contributed by atoms with Gasteiger partial charge >= 0.3 is 0 Å².